The van der Waals surface area contributed by atoms with Crippen LogP contribution in [0.15, 0.2) is 24.3 Å². The van der Waals surface area contributed by atoms with E-state index in [0.717, 1.165) is 18.5 Å². The fourth-order valence-corrected chi connectivity index (χ4v) is 2.33. The molecule has 2 bridgehead atoms. The number of anilines is 1. The van der Waals surface area contributed by atoms with Gasteiger partial charge < -0.3 is 10.0 Å². The van der Waals surface area contributed by atoms with E-state index in [2.05, 4.69) is 0 Å². The molecule has 0 spiro atoms. The van der Waals surface area contributed by atoms with Crippen molar-refractivity contribution in [1.29, 1.82) is 0 Å². The van der Waals surface area contributed by atoms with Gasteiger partial charge in [-0.25, -0.2) is 0 Å². The van der Waals surface area contributed by atoms with Gasteiger partial charge in [-0.3, -0.25) is 4.79 Å². The minimum absolute atomic E-state index is 0.243. The summed E-state index contributed by atoms with van der Waals surface area (Å²) < 4.78 is 0. The average molecular weight is 189 g/mol. The summed E-state index contributed by atoms with van der Waals surface area (Å²) in [7, 11) is 0. The molecule has 0 radical (unpaired) electrons. The zero-order chi connectivity index (χ0) is 9.71. The number of rotatable bonds is 1. The van der Waals surface area contributed by atoms with Crippen LogP contribution in [0.4, 0.5) is 5.69 Å². The van der Waals surface area contributed by atoms with Gasteiger partial charge in [0, 0.05) is 17.6 Å². The second kappa shape index (κ2) is 2.50. The fourth-order valence-electron chi connectivity index (χ4n) is 2.33. The van der Waals surface area contributed by atoms with Gasteiger partial charge in [0.25, 0.3) is 0 Å². The Morgan fingerprint density at radius 2 is 1.86 bits per heavy atom. The Bertz CT molecular complexity index is 379. The number of aromatic hydroxyl groups is 1. The van der Waals surface area contributed by atoms with Gasteiger partial charge >= 0.3 is 0 Å². The lowest BCUT2D eigenvalue weighted by molar-refractivity contribution is -0.119. The van der Waals surface area contributed by atoms with Crippen LogP contribution in [0.25, 0.3) is 0 Å². The molecule has 1 aliphatic carbocycles. The predicted octanol–water partition coefficient (Wildman–Crippen LogP) is 1.52. The van der Waals surface area contributed by atoms with Crippen molar-refractivity contribution < 1.29 is 9.90 Å². The number of hydrogen-bond acceptors (Lipinski definition) is 2. The molecule has 1 N–H and O–H groups in total. The van der Waals surface area contributed by atoms with E-state index in [1.807, 2.05) is 4.90 Å². The molecule has 3 heteroatoms. The van der Waals surface area contributed by atoms with E-state index in [9.17, 15) is 4.79 Å². The molecule has 14 heavy (non-hydrogen) atoms. The van der Waals surface area contributed by atoms with E-state index < -0.39 is 0 Å². The number of fused-ring (bicyclic) bond motifs is 1. The van der Waals surface area contributed by atoms with Gasteiger partial charge in [0.15, 0.2) is 0 Å². The van der Waals surface area contributed by atoms with Crippen molar-refractivity contribution in [3.05, 3.63) is 24.3 Å². The molecular formula is C11H11NO2. The molecule has 0 aromatic heterocycles. The molecule has 3 fully saturated rings. The Hall–Kier alpha value is -1.51. The van der Waals surface area contributed by atoms with Gasteiger partial charge in [-0.05, 0) is 37.1 Å². The quantitative estimate of drug-likeness (QED) is 0.727. The van der Waals surface area contributed by atoms with Crippen molar-refractivity contribution in [3.8, 4) is 5.75 Å². The van der Waals surface area contributed by atoms with Crippen LogP contribution in [0.5, 0.6) is 5.75 Å². The molecule has 2 saturated heterocycles. The van der Waals surface area contributed by atoms with Crippen molar-refractivity contribution in [3.63, 3.8) is 0 Å². The van der Waals surface area contributed by atoms with Crippen LogP contribution in [-0.2, 0) is 4.79 Å². The van der Waals surface area contributed by atoms with Crippen LogP contribution >= 0.6 is 0 Å². The maximum atomic E-state index is 11.7. The van der Waals surface area contributed by atoms with Crippen LogP contribution in [0, 0.1) is 5.92 Å². The van der Waals surface area contributed by atoms with E-state index >= 15 is 0 Å². The van der Waals surface area contributed by atoms with Gasteiger partial charge in [0.1, 0.15) is 5.75 Å². The molecule has 0 atom stereocenters. The summed E-state index contributed by atoms with van der Waals surface area (Å²) in [5.74, 6) is 0.766. The second-order valence-corrected chi connectivity index (χ2v) is 4.05. The molecule has 72 valence electrons. The highest BCUT2D eigenvalue weighted by molar-refractivity contribution is 6.00. The lowest BCUT2D eigenvalue weighted by Crippen LogP contribution is -2.29. The van der Waals surface area contributed by atoms with Crippen molar-refractivity contribution in [2.45, 2.75) is 18.9 Å². The zero-order valence-corrected chi connectivity index (χ0v) is 7.68. The highest BCUT2D eigenvalue weighted by Gasteiger charge is 2.50. The van der Waals surface area contributed by atoms with Crippen molar-refractivity contribution in [2.24, 2.45) is 5.92 Å². The summed E-state index contributed by atoms with van der Waals surface area (Å²) in [6.45, 7) is 0. The first-order valence-electron chi connectivity index (χ1n) is 4.88. The maximum Gasteiger partial charge on any atom is 0.230 e. The summed E-state index contributed by atoms with van der Waals surface area (Å²) in [6.07, 6.45) is 2.03. The highest BCUT2D eigenvalue weighted by atomic mass is 16.3. The molecule has 1 aromatic rings. The first-order chi connectivity index (χ1) is 6.75. The number of phenols is 1. The van der Waals surface area contributed by atoms with Crippen LogP contribution in [0.2, 0.25) is 0 Å². The summed E-state index contributed by atoms with van der Waals surface area (Å²) in [4.78, 5) is 13.6. The summed E-state index contributed by atoms with van der Waals surface area (Å²) in [6, 6.07) is 7.26. The number of carbonyl (C=O) groups excluding carboxylic acids is 1. The van der Waals surface area contributed by atoms with E-state index in [1.165, 1.54) is 0 Å². The highest BCUT2D eigenvalue weighted by Crippen LogP contribution is 2.44. The predicted molar refractivity (Wildman–Crippen MR) is 52.1 cm³/mol. The lowest BCUT2D eigenvalue weighted by atomic mass is 9.86. The molecular weight excluding hydrogens is 178 g/mol. The van der Waals surface area contributed by atoms with Crippen LogP contribution in [-0.4, -0.2) is 17.1 Å². The summed E-state index contributed by atoms with van der Waals surface area (Å²) >= 11 is 0. The third-order valence-corrected chi connectivity index (χ3v) is 3.19. The fraction of sp³-hybridized carbons (Fsp3) is 0.364. The Labute approximate surface area is 82.0 Å². The molecule has 3 aliphatic rings. The number of benzene rings is 1. The molecule has 2 heterocycles. The first-order valence-corrected chi connectivity index (χ1v) is 4.88. The van der Waals surface area contributed by atoms with E-state index in [-0.39, 0.29) is 17.6 Å². The Balaban J connectivity index is 1.96. The Kier molecular flexibility index (Phi) is 1.40. The lowest BCUT2D eigenvalue weighted by Gasteiger charge is -2.24. The van der Waals surface area contributed by atoms with E-state index in [0.29, 0.717) is 6.04 Å². The first kappa shape index (κ1) is 7.85. The van der Waals surface area contributed by atoms with Gasteiger partial charge in [0.05, 0.1) is 0 Å². The molecule has 1 saturated carbocycles. The number of amides is 1. The third-order valence-electron chi connectivity index (χ3n) is 3.19. The van der Waals surface area contributed by atoms with Crippen LogP contribution in [0.1, 0.15) is 12.8 Å². The maximum absolute atomic E-state index is 11.7. The Morgan fingerprint density at radius 3 is 2.36 bits per heavy atom. The topological polar surface area (TPSA) is 40.5 Å². The standard InChI is InChI=1S/C11H11NO2/c13-10-3-1-8(2-4-10)12-9-5-7(6-9)11(12)14/h1-4,7,9,13H,5-6H2. The molecule has 2 aliphatic heterocycles. The average Bonchev–Trinajstić information content (AvgIpc) is 2.57. The molecule has 1 aromatic carbocycles. The summed E-state index contributed by atoms with van der Waals surface area (Å²) in [5, 5.41) is 9.14. The largest absolute Gasteiger partial charge is 0.508 e. The number of carbonyl (C=O) groups is 1. The van der Waals surface area contributed by atoms with Crippen molar-refractivity contribution >= 4 is 11.6 Å². The van der Waals surface area contributed by atoms with Gasteiger partial charge in [-0.2, -0.15) is 0 Å². The minimum atomic E-state index is 0.243. The second-order valence-electron chi connectivity index (χ2n) is 4.05. The number of nitrogens with zero attached hydrogens (tertiary/aromatic N) is 1. The zero-order valence-electron chi connectivity index (χ0n) is 7.68. The van der Waals surface area contributed by atoms with Crippen LogP contribution in [0.3, 0.4) is 0 Å². The van der Waals surface area contributed by atoms with Gasteiger partial charge in [-0.1, -0.05) is 0 Å². The van der Waals surface area contributed by atoms with Crippen molar-refractivity contribution in [1.82, 2.24) is 0 Å². The monoisotopic (exact) mass is 189 g/mol. The smallest absolute Gasteiger partial charge is 0.230 e. The third kappa shape index (κ3) is 0.895. The normalized spacial score (nSPS) is 29.1. The minimum Gasteiger partial charge on any atom is -0.508 e. The van der Waals surface area contributed by atoms with Gasteiger partial charge in [0.2, 0.25) is 5.91 Å². The Morgan fingerprint density at radius 1 is 1.21 bits per heavy atom. The SMILES string of the molecule is O=C1C2CC(C2)N1c1ccc(O)cc1. The molecule has 3 nitrogen and oxygen atoms in total. The number of hydrogen-bond donors (Lipinski definition) is 1. The van der Waals surface area contributed by atoms with Crippen LogP contribution < -0.4 is 4.90 Å². The molecule has 1 amide bonds. The molecule has 4 rings (SSSR count). The number of phenolic OH excluding ortho intramolecular Hbond substituents is 1. The summed E-state index contributed by atoms with van der Waals surface area (Å²) in [5.41, 5.74) is 0.915. The van der Waals surface area contributed by atoms with E-state index in [4.69, 9.17) is 5.11 Å². The van der Waals surface area contributed by atoms with E-state index in [1.54, 1.807) is 24.3 Å². The van der Waals surface area contributed by atoms with Crippen molar-refractivity contribution in [2.75, 3.05) is 4.90 Å². The molecule has 0 unspecified atom stereocenters. The van der Waals surface area contributed by atoms with Gasteiger partial charge in [-0.15, -0.1) is 0 Å².